The second kappa shape index (κ2) is 3.67. The van der Waals surface area contributed by atoms with Crippen LogP contribution in [0.15, 0.2) is 28.1 Å². The highest BCUT2D eigenvalue weighted by molar-refractivity contribution is 7.15. The van der Waals surface area contributed by atoms with Crippen LogP contribution in [0.1, 0.15) is 21.0 Å². The first kappa shape index (κ1) is 9.98. The molecule has 3 rings (SSSR count). The maximum atomic E-state index is 11.1. The molecule has 0 fully saturated rings. The predicted molar refractivity (Wildman–Crippen MR) is 61.5 cm³/mol. The molecule has 0 saturated heterocycles. The van der Waals surface area contributed by atoms with Gasteiger partial charge in [0.1, 0.15) is 11.4 Å². The van der Waals surface area contributed by atoms with Gasteiger partial charge in [0.05, 0.1) is 0 Å². The number of carbonyl (C=O) groups is 2. The molecule has 3 heterocycles. The first-order chi connectivity index (χ1) is 8.33. The quantitative estimate of drug-likeness (QED) is 0.665. The molecular formula is C11H6N2O3S. The summed E-state index contributed by atoms with van der Waals surface area (Å²) in [7, 11) is 0. The van der Waals surface area contributed by atoms with Crippen LogP contribution in [0.4, 0.5) is 0 Å². The van der Waals surface area contributed by atoms with Gasteiger partial charge in [0.25, 0.3) is 0 Å². The van der Waals surface area contributed by atoms with Gasteiger partial charge in [-0.15, -0.1) is 11.3 Å². The van der Waals surface area contributed by atoms with Crippen molar-refractivity contribution in [2.45, 2.75) is 0 Å². The van der Waals surface area contributed by atoms with E-state index in [0.717, 1.165) is 6.29 Å². The maximum Gasteiger partial charge on any atom is 0.194 e. The predicted octanol–water partition coefficient (Wildman–Crippen LogP) is 2.28. The summed E-state index contributed by atoms with van der Waals surface area (Å²) in [4.78, 5) is 26.6. The first-order valence-corrected chi connectivity index (χ1v) is 5.67. The lowest BCUT2D eigenvalue weighted by Crippen LogP contribution is -1.88. The maximum absolute atomic E-state index is 11.1. The highest BCUT2D eigenvalue weighted by atomic mass is 32.1. The zero-order chi connectivity index (χ0) is 11.8. The minimum Gasteiger partial charge on any atom is -0.452 e. The number of fused-ring (bicyclic) bond motifs is 1. The Kier molecular flexibility index (Phi) is 2.15. The molecular weight excluding hydrogens is 240 g/mol. The standard InChI is InChI=1S/C11H6N2O3S/c14-5-7-1-2-9(16-7)10-8(6-15)13-3-4-17-11(13)12-10/h1-6H. The highest BCUT2D eigenvalue weighted by Gasteiger charge is 2.16. The van der Waals surface area contributed by atoms with Gasteiger partial charge in [-0.3, -0.25) is 14.0 Å². The zero-order valence-electron chi connectivity index (χ0n) is 8.49. The Balaban J connectivity index is 2.24. The van der Waals surface area contributed by atoms with Crippen LogP contribution in [0.5, 0.6) is 0 Å². The van der Waals surface area contributed by atoms with E-state index in [1.54, 1.807) is 22.7 Å². The van der Waals surface area contributed by atoms with Gasteiger partial charge < -0.3 is 4.42 Å². The van der Waals surface area contributed by atoms with Gasteiger partial charge in [0, 0.05) is 11.6 Å². The summed E-state index contributed by atoms with van der Waals surface area (Å²) in [6.45, 7) is 0. The van der Waals surface area contributed by atoms with Gasteiger partial charge in [-0.05, 0) is 12.1 Å². The lowest BCUT2D eigenvalue weighted by molar-refractivity contribution is 0.110. The van der Waals surface area contributed by atoms with E-state index >= 15 is 0 Å². The number of hydrogen-bond donors (Lipinski definition) is 0. The molecule has 0 aliphatic heterocycles. The van der Waals surface area contributed by atoms with Crippen molar-refractivity contribution in [2.75, 3.05) is 0 Å². The number of carbonyl (C=O) groups excluding carboxylic acids is 2. The summed E-state index contributed by atoms with van der Waals surface area (Å²) in [5.41, 5.74) is 0.882. The summed E-state index contributed by atoms with van der Waals surface area (Å²) in [5, 5.41) is 1.85. The number of rotatable bonds is 3. The van der Waals surface area contributed by atoms with Crippen LogP contribution in [0.3, 0.4) is 0 Å². The molecule has 0 bridgehead atoms. The third kappa shape index (κ3) is 1.42. The number of furan rings is 1. The molecule has 6 heteroatoms. The molecule has 17 heavy (non-hydrogen) atoms. The molecule has 0 spiro atoms. The molecule has 0 aliphatic carbocycles. The minimum absolute atomic E-state index is 0.216. The Morgan fingerprint density at radius 2 is 2.18 bits per heavy atom. The van der Waals surface area contributed by atoms with Crippen LogP contribution in [0.25, 0.3) is 16.4 Å². The molecule has 5 nitrogen and oxygen atoms in total. The molecule has 0 aliphatic rings. The van der Waals surface area contributed by atoms with Crippen LogP contribution in [0, 0.1) is 0 Å². The number of thiazole rings is 1. The van der Waals surface area contributed by atoms with Crippen molar-refractivity contribution in [1.82, 2.24) is 9.38 Å². The fraction of sp³-hybridized carbons (Fsp3) is 0. The Morgan fingerprint density at radius 3 is 2.88 bits per heavy atom. The highest BCUT2D eigenvalue weighted by Crippen LogP contribution is 2.26. The van der Waals surface area contributed by atoms with Gasteiger partial charge in [-0.1, -0.05) is 0 Å². The molecule has 0 unspecified atom stereocenters. The molecule has 0 aromatic carbocycles. The van der Waals surface area contributed by atoms with E-state index in [0.29, 0.717) is 28.4 Å². The second-order valence-electron chi connectivity index (χ2n) is 3.34. The molecule has 0 atom stereocenters. The van der Waals surface area contributed by atoms with Crippen LogP contribution in [-0.2, 0) is 0 Å². The lowest BCUT2D eigenvalue weighted by Gasteiger charge is -1.92. The second-order valence-corrected chi connectivity index (χ2v) is 4.21. The summed E-state index contributed by atoms with van der Waals surface area (Å²) in [6, 6.07) is 3.17. The van der Waals surface area contributed by atoms with E-state index in [1.807, 2.05) is 5.38 Å². The van der Waals surface area contributed by atoms with E-state index < -0.39 is 0 Å². The Bertz CT molecular complexity index is 707. The molecule has 3 aromatic rings. The van der Waals surface area contributed by atoms with Gasteiger partial charge in [0.2, 0.25) is 0 Å². The van der Waals surface area contributed by atoms with Crippen LogP contribution in [0.2, 0.25) is 0 Å². The number of nitrogens with zero attached hydrogens (tertiary/aromatic N) is 2. The van der Waals surface area contributed by atoms with Crippen LogP contribution >= 0.6 is 11.3 Å². The van der Waals surface area contributed by atoms with Gasteiger partial charge in [-0.25, -0.2) is 4.98 Å². The van der Waals surface area contributed by atoms with Crippen molar-refractivity contribution in [1.29, 1.82) is 0 Å². The zero-order valence-corrected chi connectivity index (χ0v) is 9.31. The summed E-state index contributed by atoms with van der Waals surface area (Å²) in [6.07, 6.45) is 3.11. The van der Waals surface area contributed by atoms with Crippen molar-refractivity contribution in [3.8, 4) is 11.5 Å². The Hall–Kier alpha value is -2.21. The van der Waals surface area contributed by atoms with Crippen LogP contribution < -0.4 is 0 Å². The number of imidazole rings is 1. The minimum atomic E-state index is 0.216. The fourth-order valence-corrected chi connectivity index (χ4v) is 2.36. The van der Waals surface area contributed by atoms with Crippen molar-refractivity contribution in [3.05, 3.63) is 35.2 Å². The third-order valence-corrected chi connectivity index (χ3v) is 3.14. The number of aromatic nitrogens is 2. The fourth-order valence-electron chi connectivity index (χ4n) is 1.64. The third-order valence-electron chi connectivity index (χ3n) is 2.39. The van der Waals surface area contributed by atoms with Gasteiger partial charge in [-0.2, -0.15) is 0 Å². The van der Waals surface area contributed by atoms with E-state index in [4.69, 9.17) is 4.42 Å². The summed E-state index contributed by atoms with van der Waals surface area (Å²) in [5.74, 6) is 0.637. The van der Waals surface area contributed by atoms with E-state index in [1.165, 1.54) is 11.3 Å². The average molecular weight is 246 g/mol. The smallest absolute Gasteiger partial charge is 0.194 e. The topological polar surface area (TPSA) is 64.6 Å². The molecule has 0 N–H and O–H groups in total. The van der Waals surface area contributed by atoms with Crippen molar-refractivity contribution >= 4 is 28.9 Å². The van der Waals surface area contributed by atoms with E-state index in [-0.39, 0.29) is 5.76 Å². The van der Waals surface area contributed by atoms with E-state index in [9.17, 15) is 9.59 Å². The molecule has 0 saturated carbocycles. The van der Waals surface area contributed by atoms with Crippen LogP contribution in [-0.4, -0.2) is 22.0 Å². The summed E-state index contributed by atoms with van der Waals surface area (Å²) < 4.78 is 6.95. The van der Waals surface area contributed by atoms with E-state index in [2.05, 4.69) is 4.98 Å². The van der Waals surface area contributed by atoms with Gasteiger partial charge >= 0.3 is 0 Å². The molecule has 0 radical (unpaired) electrons. The molecule has 0 amide bonds. The number of hydrogen-bond acceptors (Lipinski definition) is 5. The first-order valence-electron chi connectivity index (χ1n) is 4.79. The SMILES string of the molecule is O=Cc1ccc(-c2nc3sccn3c2C=O)o1. The molecule has 3 aromatic heterocycles. The normalized spacial score (nSPS) is 10.8. The summed E-state index contributed by atoms with van der Waals surface area (Å²) >= 11 is 1.43. The largest absolute Gasteiger partial charge is 0.452 e. The van der Waals surface area contributed by atoms with Crippen molar-refractivity contribution in [3.63, 3.8) is 0 Å². The number of aldehydes is 2. The van der Waals surface area contributed by atoms with Gasteiger partial charge in [0.15, 0.2) is 29.1 Å². The lowest BCUT2D eigenvalue weighted by atomic mass is 10.3. The average Bonchev–Trinajstić information content (AvgIpc) is 3.02. The van der Waals surface area contributed by atoms with Crippen molar-refractivity contribution in [2.24, 2.45) is 0 Å². The Labute approximate surface area is 99.3 Å². The monoisotopic (exact) mass is 246 g/mol. The van der Waals surface area contributed by atoms with Crippen molar-refractivity contribution < 1.29 is 14.0 Å². The molecule has 84 valence electrons. The Morgan fingerprint density at radius 1 is 1.29 bits per heavy atom.